The molecule has 0 saturated carbocycles. The monoisotopic (exact) mass is 271 g/mol. The summed E-state index contributed by atoms with van der Waals surface area (Å²) in [6.07, 6.45) is 4.35. The number of nitrogens with zero attached hydrogens (tertiary/aromatic N) is 3. The molecule has 0 unspecified atom stereocenters. The molecule has 0 amide bonds. The lowest BCUT2D eigenvalue weighted by Gasteiger charge is -2.42. The van der Waals surface area contributed by atoms with Crippen molar-refractivity contribution in [2.24, 2.45) is 11.1 Å². The van der Waals surface area contributed by atoms with Gasteiger partial charge in [0, 0.05) is 38.8 Å². The molecule has 3 aliphatic heterocycles. The first-order chi connectivity index (χ1) is 9.69. The molecule has 4 heteroatoms. The van der Waals surface area contributed by atoms with Crippen molar-refractivity contribution in [2.45, 2.75) is 12.8 Å². The molecule has 4 rings (SSSR count). The minimum atomic E-state index is 0.428. The number of hydrogen-bond donors (Lipinski definition) is 1. The number of benzene rings is 1. The van der Waals surface area contributed by atoms with Crippen LogP contribution in [0.2, 0.25) is 0 Å². The van der Waals surface area contributed by atoms with Crippen molar-refractivity contribution in [1.82, 2.24) is 4.90 Å². The molecule has 1 aromatic carbocycles. The number of allylic oxidation sites excluding steroid dienone is 1. The van der Waals surface area contributed by atoms with Gasteiger partial charge in [-0.25, -0.2) is 0 Å². The van der Waals surface area contributed by atoms with Gasteiger partial charge < -0.3 is 15.0 Å². The molecule has 2 bridgehead atoms. The fourth-order valence-electron chi connectivity index (χ4n) is 3.09. The molecule has 0 atom stereocenters. The second-order valence-corrected chi connectivity index (χ2v) is 5.76. The molecule has 0 radical (unpaired) electrons. The lowest BCUT2D eigenvalue weighted by Crippen LogP contribution is -2.46. The number of anilines is 1. The molecule has 3 saturated heterocycles. The topological polar surface area (TPSA) is 39.1 Å². The van der Waals surface area contributed by atoms with Gasteiger partial charge in [0.1, 0.15) is 5.71 Å². The van der Waals surface area contributed by atoms with Gasteiger partial charge in [-0.3, -0.25) is 0 Å². The van der Waals surface area contributed by atoms with E-state index >= 15 is 0 Å². The molecule has 4 nitrogen and oxygen atoms in total. The predicted octanol–water partition coefficient (Wildman–Crippen LogP) is 2.65. The lowest BCUT2D eigenvalue weighted by molar-refractivity contribution is 0.229. The van der Waals surface area contributed by atoms with Crippen LogP contribution in [0, 0.1) is 5.92 Å². The first-order valence-electron chi connectivity index (χ1n) is 7.15. The highest BCUT2D eigenvalue weighted by Crippen LogP contribution is 2.33. The van der Waals surface area contributed by atoms with Gasteiger partial charge in [-0.2, -0.15) is 0 Å². The van der Waals surface area contributed by atoms with E-state index in [4.69, 9.17) is 0 Å². The van der Waals surface area contributed by atoms with Crippen LogP contribution in [0.3, 0.4) is 0 Å². The van der Waals surface area contributed by atoms with E-state index in [9.17, 15) is 5.21 Å². The van der Waals surface area contributed by atoms with E-state index in [1.165, 1.54) is 5.69 Å². The summed E-state index contributed by atoms with van der Waals surface area (Å²) in [5.41, 5.74) is 4.29. The van der Waals surface area contributed by atoms with Crippen molar-refractivity contribution in [2.75, 3.05) is 32.1 Å². The minimum Gasteiger partial charge on any atom is -0.411 e. The Labute approximate surface area is 120 Å². The normalized spacial score (nSPS) is 22.8. The highest BCUT2D eigenvalue weighted by molar-refractivity contribution is 6.05. The maximum atomic E-state index is 9.29. The van der Waals surface area contributed by atoms with Crippen molar-refractivity contribution >= 4 is 17.5 Å². The zero-order valence-electron chi connectivity index (χ0n) is 12.1. The van der Waals surface area contributed by atoms with E-state index in [0.29, 0.717) is 5.92 Å². The third-order valence-electron chi connectivity index (χ3n) is 4.31. The van der Waals surface area contributed by atoms with Gasteiger partial charge in [-0.15, -0.1) is 0 Å². The third-order valence-corrected chi connectivity index (χ3v) is 4.31. The number of rotatable bonds is 2. The van der Waals surface area contributed by atoms with Crippen LogP contribution in [0.1, 0.15) is 18.4 Å². The lowest BCUT2D eigenvalue weighted by atomic mass is 9.83. The highest BCUT2D eigenvalue weighted by atomic mass is 16.4. The van der Waals surface area contributed by atoms with Gasteiger partial charge in [0.05, 0.1) is 5.70 Å². The summed E-state index contributed by atoms with van der Waals surface area (Å²) >= 11 is 0. The van der Waals surface area contributed by atoms with Crippen molar-refractivity contribution in [3.63, 3.8) is 0 Å². The van der Waals surface area contributed by atoms with Crippen molar-refractivity contribution in [1.29, 1.82) is 0 Å². The predicted molar refractivity (Wildman–Crippen MR) is 82.3 cm³/mol. The van der Waals surface area contributed by atoms with Crippen molar-refractivity contribution in [3.05, 3.63) is 35.5 Å². The Hall–Kier alpha value is -1.97. The van der Waals surface area contributed by atoms with E-state index in [2.05, 4.69) is 45.3 Å². The first-order valence-corrected chi connectivity index (χ1v) is 7.15. The molecule has 3 heterocycles. The first kappa shape index (κ1) is 13.0. The van der Waals surface area contributed by atoms with Crippen LogP contribution in [-0.2, 0) is 0 Å². The Morgan fingerprint density at radius 3 is 2.40 bits per heavy atom. The summed E-state index contributed by atoms with van der Waals surface area (Å²) in [6, 6.07) is 8.44. The quantitative estimate of drug-likeness (QED) is 0.664. The van der Waals surface area contributed by atoms with E-state index in [-0.39, 0.29) is 0 Å². The third kappa shape index (κ3) is 2.26. The summed E-state index contributed by atoms with van der Waals surface area (Å²) in [4.78, 5) is 4.42. The van der Waals surface area contributed by atoms with E-state index in [1.807, 2.05) is 14.1 Å². The smallest absolute Gasteiger partial charge is 0.106 e. The number of hydrogen-bond acceptors (Lipinski definition) is 4. The zero-order chi connectivity index (χ0) is 14.1. The second kappa shape index (κ2) is 5.19. The van der Waals surface area contributed by atoms with Gasteiger partial charge in [0.2, 0.25) is 0 Å². The number of oxime groups is 1. The Balaban J connectivity index is 1.90. The largest absolute Gasteiger partial charge is 0.411 e. The molecule has 20 heavy (non-hydrogen) atoms. The molecular weight excluding hydrogens is 250 g/mol. The molecule has 3 fully saturated rings. The summed E-state index contributed by atoms with van der Waals surface area (Å²) in [5, 5.41) is 12.8. The van der Waals surface area contributed by atoms with Gasteiger partial charge in [0.15, 0.2) is 0 Å². The van der Waals surface area contributed by atoms with Crippen LogP contribution < -0.4 is 4.90 Å². The molecule has 106 valence electrons. The van der Waals surface area contributed by atoms with Crippen molar-refractivity contribution in [3.8, 4) is 0 Å². The average molecular weight is 271 g/mol. The summed E-state index contributed by atoms with van der Waals surface area (Å²) in [7, 11) is 4.07. The van der Waals surface area contributed by atoms with Crippen LogP contribution >= 0.6 is 0 Å². The Bertz CT molecular complexity index is 537. The minimum absolute atomic E-state index is 0.428. The molecular formula is C16H21N3O. The van der Waals surface area contributed by atoms with E-state index in [1.54, 1.807) is 0 Å². The highest BCUT2D eigenvalue weighted by Gasteiger charge is 2.35. The molecule has 3 aliphatic rings. The molecule has 0 aromatic heterocycles. The van der Waals surface area contributed by atoms with Crippen LogP contribution in [0.4, 0.5) is 5.69 Å². The number of fused-ring (bicyclic) bond motifs is 3. The fourth-order valence-corrected chi connectivity index (χ4v) is 3.09. The van der Waals surface area contributed by atoms with Gasteiger partial charge in [-0.1, -0.05) is 17.3 Å². The van der Waals surface area contributed by atoms with Crippen LogP contribution in [0.15, 0.2) is 35.1 Å². The summed E-state index contributed by atoms with van der Waals surface area (Å²) in [5.74, 6) is 0.428. The molecule has 1 aromatic rings. The average Bonchev–Trinajstić information content (AvgIpc) is 2.49. The Morgan fingerprint density at radius 2 is 1.85 bits per heavy atom. The molecule has 0 aliphatic carbocycles. The van der Waals surface area contributed by atoms with Crippen molar-refractivity contribution < 1.29 is 5.21 Å². The van der Waals surface area contributed by atoms with Gasteiger partial charge in [-0.05, 0) is 36.6 Å². The standard InChI is InChI=1S/C16H21N3O/c1-18(2)14-5-3-12(4-6-14)11-15-16(17-20)13-7-9-19(15)10-8-13/h3-6,11,13,20H,7-10H2,1-2H3/b15-11+,17-16-. The van der Waals surface area contributed by atoms with Crippen LogP contribution in [-0.4, -0.2) is 43.0 Å². The zero-order valence-corrected chi connectivity index (χ0v) is 12.1. The summed E-state index contributed by atoms with van der Waals surface area (Å²) < 4.78 is 0. The van der Waals surface area contributed by atoms with Gasteiger partial charge in [0.25, 0.3) is 0 Å². The maximum Gasteiger partial charge on any atom is 0.106 e. The van der Waals surface area contributed by atoms with E-state index < -0.39 is 0 Å². The number of piperidine rings is 3. The van der Waals surface area contributed by atoms with Crippen LogP contribution in [0.25, 0.3) is 6.08 Å². The Kier molecular flexibility index (Phi) is 3.38. The maximum absolute atomic E-state index is 9.29. The second-order valence-electron chi connectivity index (χ2n) is 5.76. The summed E-state index contributed by atoms with van der Waals surface area (Å²) in [6.45, 7) is 2.15. The van der Waals surface area contributed by atoms with E-state index in [0.717, 1.165) is 42.9 Å². The van der Waals surface area contributed by atoms with Gasteiger partial charge >= 0.3 is 0 Å². The molecule has 0 spiro atoms. The van der Waals surface area contributed by atoms with Crippen LogP contribution in [0.5, 0.6) is 0 Å². The Morgan fingerprint density at radius 1 is 1.20 bits per heavy atom. The SMILES string of the molecule is CN(C)c1ccc(/C=C2\C(=N/O)C3CCN2CC3)cc1. The fraction of sp³-hybridized carbons (Fsp3) is 0.438. The molecule has 1 N–H and O–H groups in total.